The van der Waals surface area contributed by atoms with E-state index >= 15 is 0 Å². The molecule has 0 N–H and O–H groups in total. The molecule has 448 valence electrons. The fourth-order valence-electron chi connectivity index (χ4n) is 8.83. The van der Waals surface area contributed by atoms with E-state index in [9.17, 15) is 14.4 Å². The van der Waals surface area contributed by atoms with Crippen LogP contribution in [0.3, 0.4) is 0 Å². The highest BCUT2D eigenvalue weighted by molar-refractivity contribution is 5.71. The average molecular weight is 1090 g/mol. The SMILES string of the molecule is CC/C=C\C/C=C\C/C=C\C/C=C\C/C=C\C/C=C\C/C=C\C/C=C\CCCCCCCCCCCCC(=O)OCC(COC(=O)CCCCCCCCCCCCCCC)OC(=O)CCCCC/C=C\C/C=C\C/C=C\CC. The Balaban J connectivity index is 4.20. The summed E-state index contributed by atoms with van der Waals surface area (Å²) < 4.78 is 16.9. The minimum atomic E-state index is -0.796. The van der Waals surface area contributed by atoms with Crippen LogP contribution in [0.15, 0.2) is 134 Å². The van der Waals surface area contributed by atoms with E-state index in [4.69, 9.17) is 14.2 Å². The number of allylic oxidation sites excluding steroid dienone is 22. The fraction of sp³-hybridized carbons (Fsp3) is 0.658. The van der Waals surface area contributed by atoms with Gasteiger partial charge in [0.1, 0.15) is 13.2 Å². The Morgan fingerprint density at radius 2 is 0.494 bits per heavy atom. The van der Waals surface area contributed by atoms with Gasteiger partial charge >= 0.3 is 17.9 Å². The van der Waals surface area contributed by atoms with E-state index in [1.165, 1.54) is 109 Å². The Bertz CT molecular complexity index is 1680. The Labute approximate surface area is 487 Å². The van der Waals surface area contributed by atoms with Gasteiger partial charge in [0.15, 0.2) is 6.10 Å². The fourth-order valence-corrected chi connectivity index (χ4v) is 8.83. The molecule has 6 nitrogen and oxygen atoms in total. The normalized spacial score (nSPS) is 13.0. The maximum atomic E-state index is 12.8. The topological polar surface area (TPSA) is 78.9 Å². The summed E-state index contributed by atoms with van der Waals surface area (Å²) in [5, 5.41) is 0. The first kappa shape index (κ1) is 74.5. The van der Waals surface area contributed by atoms with Gasteiger partial charge in [-0.15, -0.1) is 0 Å². The molecule has 0 radical (unpaired) electrons. The summed E-state index contributed by atoms with van der Waals surface area (Å²) in [6.45, 7) is 6.39. The van der Waals surface area contributed by atoms with Gasteiger partial charge in [-0.1, -0.05) is 289 Å². The zero-order chi connectivity index (χ0) is 57.1. The number of ether oxygens (including phenoxy) is 3. The summed E-state index contributed by atoms with van der Waals surface area (Å²) in [7, 11) is 0. The van der Waals surface area contributed by atoms with Crippen LogP contribution in [0.5, 0.6) is 0 Å². The molecule has 0 aromatic carbocycles. The number of unbranched alkanes of at least 4 members (excludes halogenated alkanes) is 25. The van der Waals surface area contributed by atoms with Gasteiger partial charge in [-0.2, -0.15) is 0 Å². The van der Waals surface area contributed by atoms with Crippen molar-refractivity contribution < 1.29 is 28.6 Å². The van der Waals surface area contributed by atoms with Crippen LogP contribution in [0.2, 0.25) is 0 Å². The first-order valence-electron chi connectivity index (χ1n) is 32.7. The number of esters is 3. The van der Waals surface area contributed by atoms with Gasteiger partial charge in [0, 0.05) is 19.3 Å². The Morgan fingerprint density at radius 1 is 0.266 bits per heavy atom. The summed E-state index contributed by atoms with van der Waals surface area (Å²) in [6, 6.07) is 0. The molecule has 0 saturated carbocycles. The molecule has 0 aromatic heterocycles. The summed E-state index contributed by atoms with van der Waals surface area (Å²) in [5.74, 6) is -0.922. The van der Waals surface area contributed by atoms with Crippen molar-refractivity contribution in [1.29, 1.82) is 0 Å². The monoisotopic (exact) mass is 1090 g/mol. The van der Waals surface area contributed by atoms with E-state index in [1.54, 1.807) is 0 Å². The standard InChI is InChI=1S/C73H120O6/c1-4-7-10-13-16-19-22-25-26-27-28-29-30-31-32-33-34-35-36-37-38-39-40-41-42-43-44-45-46-49-51-54-57-60-63-66-72(75)78-69-70(79-73(76)67-64-61-58-55-52-48-24-21-18-15-12-9-6-3)68-77-71(74)65-62-59-56-53-50-47-23-20-17-14-11-8-5-2/h7,9-10,12,16,18-19,21,25-26,28-29,31-32,34-35,37-38,40-41,48,52,70H,4-6,8,11,13-15,17,20,22-24,27,30,33,36,39,42-47,49-51,53-69H2,1-3H3/b10-7-,12-9-,19-16-,21-18-,26-25-,29-28-,32-31-,35-34-,38-37-,41-40-,52-48-. The van der Waals surface area contributed by atoms with Crippen molar-refractivity contribution >= 4 is 17.9 Å². The molecule has 0 saturated heterocycles. The summed E-state index contributed by atoms with van der Waals surface area (Å²) >= 11 is 0. The van der Waals surface area contributed by atoms with Crippen molar-refractivity contribution in [3.05, 3.63) is 134 Å². The molecule has 0 rings (SSSR count). The Hall–Kier alpha value is -4.45. The maximum absolute atomic E-state index is 12.8. The molecule has 6 heteroatoms. The first-order chi connectivity index (χ1) is 39.0. The third kappa shape index (κ3) is 64.3. The van der Waals surface area contributed by atoms with E-state index in [0.717, 1.165) is 141 Å². The minimum absolute atomic E-state index is 0.0907. The highest BCUT2D eigenvalue weighted by atomic mass is 16.6. The molecule has 1 unspecified atom stereocenters. The van der Waals surface area contributed by atoms with Crippen LogP contribution in [0.4, 0.5) is 0 Å². The van der Waals surface area contributed by atoms with Crippen molar-refractivity contribution in [3.8, 4) is 0 Å². The van der Waals surface area contributed by atoms with Crippen LogP contribution in [0, 0.1) is 0 Å². The summed E-state index contributed by atoms with van der Waals surface area (Å²) in [4.78, 5) is 38.2. The highest BCUT2D eigenvalue weighted by Crippen LogP contribution is 2.16. The molecule has 0 bridgehead atoms. The van der Waals surface area contributed by atoms with Gasteiger partial charge in [-0.05, 0) is 116 Å². The smallest absolute Gasteiger partial charge is 0.306 e. The van der Waals surface area contributed by atoms with Crippen LogP contribution in [-0.2, 0) is 28.6 Å². The number of rotatable bonds is 58. The molecule has 0 aliphatic rings. The molecule has 0 amide bonds. The minimum Gasteiger partial charge on any atom is -0.462 e. The number of carbonyl (C=O) groups is 3. The lowest BCUT2D eigenvalue weighted by molar-refractivity contribution is -0.167. The van der Waals surface area contributed by atoms with Crippen molar-refractivity contribution in [2.24, 2.45) is 0 Å². The molecule has 0 aromatic rings. The molecule has 0 fully saturated rings. The second kappa shape index (κ2) is 66.1. The van der Waals surface area contributed by atoms with Crippen LogP contribution in [0.1, 0.15) is 290 Å². The lowest BCUT2D eigenvalue weighted by Gasteiger charge is -2.18. The molecule has 0 aliphatic carbocycles. The third-order valence-electron chi connectivity index (χ3n) is 13.7. The Morgan fingerprint density at radius 3 is 0.785 bits per heavy atom. The number of hydrogen-bond donors (Lipinski definition) is 0. The zero-order valence-corrected chi connectivity index (χ0v) is 51.3. The molecule has 1 atom stereocenters. The predicted octanol–water partition coefficient (Wildman–Crippen LogP) is 22.5. The molecule has 0 spiro atoms. The van der Waals surface area contributed by atoms with Gasteiger partial charge in [0.25, 0.3) is 0 Å². The Kier molecular flexibility index (Phi) is 62.3. The number of hydrogen-bond acceptors (Lipinski definition) is 6. The van der Waals surface area contributed by atoms with Crippen LogP contribution in [0.25, 0.3) is 0 Å². The second-order valence-corrected chi connectivity index (χ2v) is 21.3. The molecule has 0 aliphatic heterocycles. The maximum Gasteiger partial charge on any atom is 0.306 e. The summed E-state index contributed by atoms with van der Waals surface area (Å²) in [6.07, 6.45) is 93.3. The third-order valence-corrected chi connectivity index (χ3v) is 13.7. The molecular weight excluding hydrogens is 973 g/mol. The highest BCUT2D eigenvalue weighted by Gasteiger charge is 2.19. The molecule has 0 heterocycles. The largest absolute Gasteiger partial charge is 0.462 e. The van der Waals surface area contributed by atoms with Gasteiger partial charge in [-0.25, -0.2) is 0 Å². The van der Waals surface area contributed by atoms with Crippen molar-refractivity contribution in [2.45, 2.75) is 297 Å². The molecular formula is C73H120O6. The van der Waals surface area contributed by atoms with E-state index in [1.807, 2.05) is 0 Å². The van der Waals surface area contributed by atoms with Gasteiger partial charge in [-0.3, -0.25) is 14.4 Å². The van der Waals surface area contributed by atoms with Crippen molar-refractivity contribution in [3.63, 3.8) is 0 Å². The van der Waals surface area contributed by atoms with E-state index in [0.29, 0.717) is 19.3 Å². The van der Waals surface area contributed by atoms with E-state index in [2.05, 4.69) is 154 Å². The quantitative estimate of drug-likeness (QED) is 0.0261. The van der Waals surface area contributed by atoms with Gasteiger partial charge in [0.05, 0.1) is 0 Å². The predicted molar refractivity (Wildman–Crippen MR) is 343 cm³/mol. The van der Waals surface area contributed by atoms with Crippen LogP contribution >= 0.6 is 0 Å². The van der Waals surface area contributed by atoms with E-state index < -0.39 is 6.10 Å². The average Bonchev–Trinajstić information content (AvgIpc) is 3.45. The number of carbonyl (C=O) groups excluding carboxylic acids is 3. The van der Waals surface area contributed by atoms with Crippen LogP contribution < -0.4 is 0 Å². The van der Waals surface area contributed by atoms with E-state index in [-0.39, 0.29) is 31.1 Å². The zero-order valence-electron chi connectivity index (χ0n) is 51.3. The lowest BCUT2D eigenvalue weighted by Crippen LogP contribution is -2.30. The van der Waals surface area contributed by atoms with Gasteiger partial charge in [0.2, 0.25) is 0 Å². The molecule has 79 heavy (non-hydrogen) atoms. The second-order valence-electron chi connectivity index (χ2n) is 21.3. The van der Waals surface area contributed by atoms with Crippen molar-refractivity contribution in [1.82, 2.24) is 0 Å². The lowest BCUT2D eigenvalue weighted by atomic mass is 10.0. The van der Waals surface area contributed by atoms with Crippen LogP contribution in [-0.4, -0.2) is 37.2 Å². The van der Waals surface area contributed by atoms with Gasteiger partial charge < -0.3 is 14.2 Å². The first-order valence-corrected chi connectivity index (χ1v) is 32.7. The van der Waals surface area contributed by atoms with Crippen molar-refractivity contribution in [2.75, 3.05) is 13.2 Å². The summed E-state index contributed by atoms with van der Waals surface area (Å²) in [5.41, 5.74) is 0.